The van der Waals surface area contributed by atoms with Gasteiger partial charge in [0.1, 0.15) is 5.60 Å². The monoisotopic (exact) mass is 454 g/mol. The summed E-state index contributed by atoms with van der Waals surface area (Å²) in [6.45, 7) is 12.0. The fourth-order valence-electron chi connectivity index (χ4n) is 2.38. The first-order valence-electron chi connectivity index (χ1n) is 8.87. The molecule has 24 heavy (non-hydrogen) atoms. The molecule has 142 valence electrons. The SMILES string of the molecule is CCCC1CC1NC(=NCCCNC(=O)OC(C)(C)C)NCC.I. The third-order valence-corrected chi connectivity index (χ3v) is 3.52. The quantitative estimate of drug-likeness (QED) is 0.228. The van der Waals surface area contributed by atoms with Crippen molar-refractivity contribution >= 4 is 36.0 Å². The maximum Gasteiger partial charge on any atom is 0.407 e. The molecular formula is C17H35IN4O2. The molecule has 0 aromatic carbocycles. The lowest BCUT2D eigenvalue weighted by Crippen LogP contribution is -2.39. The highest BCUT2D eigenvalue weighted by Crippen LogP contribution is 2.34. The van der Waals surface area contributed by atoms with Gasteiger partial charge in [-0.05, 0) is 52.9 Å². The number of halogens is 1. The minimum Gasteiger partial charge on any atom is -0.444 e. The van der Waals surface area contributed by atoms with E-state index in [-0.39, 0.29) is 30.1 Å². The second-order valence-electron chi connectivity index (χ2n) is 7.08. The number of hydrogen-bond donors (Lipinski definition) is 3. The van der Waals surface area contributed by atoms with E-state index in [4.69, 9.17) is 4.74 Å². The summed E-state index contributed by atoms with van der Waals surface area (Å²) < 4.78 is 5.19. The number of nitrogens with zero attached hydrogens (tertiary/aromatic N) is 1. The van der Waals surface area contributed by atoms with E-state index in [2.05, 4.69) is 34.8 Å². The van der Waals surface area contributed by atoms with Gasteiger partial charge in [-0.2, -0.15) is 0 Å². The molecule has 2 atom stereocenters. The largest absolute Gasteiger partial charge is 0.444 e. The molecule has 0 radical (unpaired) electrons. The van der Waals surface area contributed by atoms with Gasteiger partial charge in [0, 0.05) is 25.7 Å². The molecule has 3 N–H and O–H groups in total. The minimum atomic E-state index is -0.455. The van der Waals surface area contributed by atoms with Crippen LogP contribution in [0, 0.1) is 5.92 Å². The molecule has 0 aromatic heterocycles. The van der Waals surface area contributed by atoms with Gasteiger partial charge in [-0.1, -0.05) is 13.3 Å². The van der Waals surface area contributed by atoms with Gasteiger partial charge in [0.25, 0.3) is 0 Å². The van der Waals surface area contributed by atoms with E-state index < -0.39 is 5.60 Å². The summed E-state index contributed by atoms with van der Waals surface area (Å²) in [7, 11) is 0. The first kappa shape index (κ1) is 23.3. The standard InChI is InChI=1S/C17H34N4O2.HI/c1-6-9-13-12-14(13)21-15(18-7-2)19-10-8-11-20-16(22)23-17(3,4)5;/h13-14H,6-12H2,1-5H3,(H,20,22)(H2,18,19,21);1H. The number of aliphatic imine (C=N–C) groups is 1. The molecule has 1 saturated carbocycles. The number of amides is 1. The maximum absolute atomic E-state index is 11.5. The van der Waals surface area contributed by atoms with Crippen LogP contribution in [0.4, 0.5) is 4.79 Å². The Hall–Kier alpha value is -0.730. The minimum absolute atomic E-state index is 0. The fraction of sp³-hybridized carbons (Fsp3) is 0.882. The van der Waals surface area contributed by atoms with E-state index in [1.54, 1.807) is 0 Å². The van der Waals surface area contributed by atoms with Crippen LogP contribution in [0.1, 0.15) is 60.3 Å². The topological polar surface area (TPSA) is 74.8 Å². The van der Waals surface area contributed by atoms with Crippen LogP contribution in [0.3, 0.4) is 0 Å². The van der Waals surface area contributed by atoms with Gasteiger partial charge >= 0.3 is 6.09 Å². The summed E-state index contributed by atoms with van der Waals surface area (Å²) in [6.07, 6.45) is 4.20. The maximum atomic E-state index is 11.5. The highest BCUT2D eigenvalue weighted by Gasteiger charge is 2.36. The number of guanidine groups is 1. The summed E-state index contributed by atoms with van der Waals surface area (Å²) >= 11 is 0. The van der Waals surface area contributed by atoms with Crippen molar-refractivity contribution in [3.05, 3.63) is 0 Å². The Morgan fingerprint density at radius 3 is 2.54 bits per heavy atom. The van der Waals surface area contributed by atoms with E-state index in [1.165, 1.54) is 19.3 Å². The van der Waals surface area contributed by atoms with Crippen LogP contribution >= 0.6 is 24.0 Å². The van der Waals surface area contributed by atoms with Crippen molar-refractivity contribution < 1.29 is 9.53 Å². The smallest absolute Gasteiger partial charge is 0.407 e. The molecule has 1 aliphatic rings. The molecule has 1 rings (SSSR count). The first-order valence-corrected chi connectivity index (χ1v) is 8.87. The normalized spacial score (nSPS) is 20.0. The number of nitrogens with one attached hydrogen (secondary N) is 3. The molecule has 0 saturated heterocycles. The van der Waals surface area contributed by atoms with Gasteiger partial charge in [-0.15, -0.1) is 24.0 Å². The molecule has 2 unspecified atom stereocenters. The zero-order valence-electron chi connectivity index (χ0n) is 15.8. The predicted molar refractivity (Wildman–Crippen MR) is 110 cm³/mol. The van der Waals surface area contributed by atoms with Crippen molar-refractivity contribution in [3.8, 4) is 0 Å². The van der Waals surface area contributed by atoms with E-state index >= 15 is 0 Å². The van der Waals surface area contributed by atoms with Crippen LogP contribution in [0.15, 0.2) is 4.99 Å². The summed E-state index contributed by atoms with van der Waals surface area (Å²) in [6, 6.07) is 0.577. The van der Waals surface area contributed by atoms with Gasteiger partial charge in [-0.25, -0.2) is 4.79 Å². The summed E-state index contributed by atoms with van der Waals surface area (Å²) in [5.74, 6) is 1.69. The molecule has 1 fully saturated rings. The Morgan fingerprint density at radius 1 is 1.25 bits per heavy atom. The molecule has 1 aliphatic carbocycles. The van der Waals surface area contributed by atoms with Crippen LogP contribution in [-0.4, -0.2) is 43.3 Å². The van der Waals surface area contributed by atoms with Crippen molar-refractivity contribution in [1.82, 2.24) is 16.0 Å². The number of rotatable bonds is 8. The average Bonchev–Trinajstić information content (AvgIpc) is 3.14. The number of ether oxygens (including phenoxy) is 1. The van der Waals surface area contributed by atoms with Crippen LogP contribution in [-0.2, 0) is 4.74 Å². The van der Waals surface area contributed by atoms with Gasteiger partial charge in [0.05, 0.1) is 0 Å². The second-order valence-corrected chi connectivity index (χ2v) is 7.08. The van der Waals surface area contributed by atoms with E-state index in [0.717, 1.165) is 24.8 Å². The molecule has 0 heterocycles. The molecular weight excluding hydrogens is 419 g/mol. The Kier molecular flexibility index (Phi) is 11.4. The third-order valence-electron chi connectivity index (χ3n) is 3.52. The lowest BCUT2D eigenvalue weighted by Gasteiger charge is -2.19. The average molecular weight is 454 g/mol. The first-order chi connectivity index (χ1) is 10.9. The van der Waals surface area contributed by atoms with Crippen molar-refractivity contribution in [2.45, 2.75) is 71.9 Å². The van der Waals surface area contributed by atoms with Crippen molar-refractivity contribution in [2.75, 3.05) is 19.6 Å². The number of carbonyl (C=O) groups is 1. The van der Waals surface area contributed by atoms with Crippen molar-refractivity contribution in [1.29, 1.82) is 0 Å². The van der Waals surface area contributed by atoms with Gasteiger partial charge in [0.15, 0.2) is 5.96 Å². The van der Waals surface area contributed by atoms with Crippen LogP contribution in [0.25, 0.3) is 0 Å². The zero-order valence-corrected chi connectivity index (χ0v) is 18.1. The predicted octanol–water partition coefficient (Wildman–Crippen LogP) is 3.26. The zero-order chi connectivity index (χ0) is 17.3. The van der Waals surface area contributed by atoms with Crippen LogP contribution in [0.5, 0.6) is 0 Å². The van der Waals surface area contributed by atoms with Crippen LogP contribution in [0.2, 0.25) is 0 Å². The Labute approximate surface area is 164 Å². The van der Waals surface area contributed by atoms with Crippen molar-refractivity contribution in [3.63, 3.8) is 0 Å². The summed E-state index contributed by atoms with van der Waals surface area (Å²) in [5.41, 5.74) is -0.455. The Balaban J connectivity index is 0.00000529. The molecule has 0 spiro atoms. The fourth-order valence-corrected chi connectivity index (χ4v) is 2.38. The number of alkyl carbamates (subject to hydrolysis) is 1. The highest BCUT2D eigenvalue weighted by atomic mass is 127. The lowest BCUT2D eigenvalue weighted by molar-refractivity contribution is 0.0527. The highest BCUT2D eigenvalue weighted by molar-refractivity contribution is 14.0. The summed E-state index contributed by atoms with van der Waals surface area (Å²) in [4.78, 5) is 16.1. The van der Waals surface area contributed by atoms with Gasteiger partial charge < -0.3 is 20.7 Å². The van der Waals surface area contributed by atoms with Crippen molar-refractivity contribution in [2.24, 2.45) is 10.9 Å². The number of hydrogen-bond acceptors (Lipinski definition) is 3. The molecule has 7 heteroatoms. The molecule has 0 aromatic rings. The second kappa shape index (κ2) is 11.8. The third kappa shape index (κ3) is 10.9. The molecule has 6 nitrogen and oxygen atoms in total. The van der Waals surface area contributed by atoms with E-state index in [1.807, 2.05) is 20.8 Å². The molecule has 0 aliphatic heterocycles. The van der Waals surface area contributed by atoms with Gasteiger partial charge in [-0.3, -0.25) is 4.99 Å². The van der Waals surface area contributed by atoms with E-state index in [0.29, 0.717) is 19.1 Å². The molecule has 0 bridgehead atoms. The van der Waals surface area contributed by atoms with E-state index in [9.17, 15) is 4.79 Å². The molecule has 1 amide bonds. The van der Waals surface area contributed by atoms with Gasteiger partial charge in [0.2, 0.25) is 0 Å². The Bertz CT molecular complexity index is 397. The lowest BCUT2D eigenvalue weighted by atomic mass is 10.2. The Morgan fingerprint density at radius 2 is 1.96 bits per heavy atom. The summed E-state index contributed by atoms with van der Waals surface area (Å²) in [5, 5.41) is 9.51. The van der Waals surface area contributed by atoms with Crippen LogP contribution < -0.4 is 16.0 Å². The number of carbonyl (C=O) groups excluding carboxylic acids is 1.